The first-order valence-corrected chi connectivity index (χ1v) is 7.19. The van der Waals surface area contributed by atoms with Gasteiger partial charge in [-0.05, 0) is 43.9 Å². The van der Waals surface area contributed by atoms with Crippen LogP contribution in [0.2, 0.25) is 0 Å². The van der Waals surface area contributed by atoms with E-state index in [1.807, 2.05) is 0 Å². The summed E-state index contributed by atoms with van der Waals surface area (Å²) in [4.78, 5) is 0. The third-order valence-electron chi connectivity index (χ3n) is 3.57. The van der Waals surface area contributed by atoms with Crippen LogP contribution in [0.5, 0.6) is 0 Å². The second kappa shape index (κ2) is 8.32. The van der Waals surface area contributed by atoms with Crippen molar-refractivity contribution in [1.82, 2.24) is 5.32 Å². The molecule has 2 unspecified atom stereocenters. The van der Waals surface area contributed by atoms with E-state index in [-0.39, 0.29) is 12.0 Å². The molecule has 0 aliphatic rings. The van der Waals surface area contributed by atoms with Crippen molar-refractivity contribution in [2.45, 2.75) is 39.7 Å². The molecule has 0 spiro atoms. The standard InChI is InChI=1S/C16H25F2NO/c1-5-7-19-16(11(2)6-8-20-4)13-9-12(3)14(17)10-15(13)18/h9-11,16,19H,5-8H2,1-4H3. The second-order valence-electron chi connectivity index (χ2n) is 5.31. The van der Waals surface area contributed by atoms with Crippen molar-refractivity contribution >= 4 is 0 Å². The highest BCUT2D eigenvalue weighted by atomic mass is 19.1. The zero-order valence-corrected chi connectivity index (χ0v) is 12.8. The number of hydrogen-bond donors (Lipinski definition) is 1. The average molecular weight is 285 g/mol. The fourth-order valence-electron chi connectivity index (χ4n) is 2.31. The van der Waals surface area contributed by atoms with Crippen LogP contribution in [0, 0.1) is 24.5 Å². The number of nitrogens with one attached hydrogen (secondary N) is 1. The topological polar surface area (TPSA) is 21.3 Å². The van der Waals surface area contributed by atoms with Crippen molar-refractivity contribution in [3.8, 4) is 0 Å². The summed E-state index contributed by atoms with van der Waals surface area (Å²) in [5.41, 5.74) is 1.02. The number of rotatable bonds is 8. The Hall–Kier alpha value is -1.00. The Kier molecular flexibility index (Phi) is 7.10. The normalized spacial score (nSPS) is 14.3. The first-order chi connectivity index (χ1) is 9.51. The summed E-state index contributed by atoms with van der Waals surface area (Å²) >= 11 is 0. The minimum atomic E-state index is -0.495. The first kappa shape index (κ1) is 17.1. The molecular weight excluding hydrogens is 260 g/mol. The lowest BCUT2D eigenvalue weighted by atomic mass is 9.90. The third-order valence-corrected chi connectivity index (χ3v) is 3.57. The molecule has 0 aliphatic carbocycles. The molecular formula is C16H25F2NO. The zero-order chi connectivity index (χ0) is 15.1. The van der Waals surface area contributed by atoms with E-state index in [0.717, 1.165) is 25.5 Å². The molecule has 114 valence electrons. The summed E-state index contributed by atoms with van der Waals surface area (Å²) in [5.74, 6) is -0.767. The van der Waals surface area contributed by atoms with Crippen LogP contribution in [0.3, 0.4) is 0 Å². The van der Waals surface area contributed by atoms with Crippen LogP contribution in [0.4, 0.5) is 8.78 Å². The fourth-order valence-corrected chi connectivity index (χ4v) is 2.31. The van der Waals surface area contributed by atoms with Gasteiger partial charge >= 0.3 is 0 Å². The Bertz CT molecular complexity index is 423. The van der Waals surface area contributed by atoms with E-state index in [0.29, 0.717) is 17.7 Å². The molecule has 0 saturated carbocycles. The van der Waals surface area contributed by atoms with Crippen molar-refractivity contribution in [3.05, 3.63) is 34.9 Å². The van der Waals surface area contributed by atoms with Gasteiger partial charge in [0.2, 0.25) is 0 Å². The number of aryl methyl sites for hydroxylation is 1. The molecule has 0 bridgehead atoms. The van der Waals surface area contributed by atoms with Gasteiger partial charge in [0.25, 0.3) is 0 Å². The van der Waals surface area contributed by atoms with Crippen molar-refractivity contribution < 1.29 is 13.5 Å². The van der Waals surface area contributed by atoms with Crippen LogP contribution < -0.4 is 5.32 Å². The maximum atomic E-state index is 14.1. The van der Waals surface area contributed by atoms with E-state index in [9.17, 15) is 8.78 Å². The molecule has 1 N–H and O–H groups in total. The molecule has 2 atom stereocenters. The lowest BCUT2D eigenvalue weighted by Gasteiger charge is -2.26. The SMILES string of the molecule is CCCNC(c1cc(C)c(F)cc1F)C(C)CCOC. The van der Waals surface area contributed by atoms with Gasteiger partial charge in [-0.3, -0.25) is 0 Å². The third kappa shape index (κ3) is 4.53. The van der Waals surface area contributed by atoms with Gasteiger partial charge in [-0.2, -0.15) is 0 Å². The number of halogens is 2. The Morgan fingerprint density at radius 2 is 1.95 bits per heavy atom. The molecule has 1 aromatic rings. The van der Waals surface area contributed by atoms with Crippen molar-refractivity contribution in [2.75, 3.05) is 20.3 Å². The van der Waals surface area contributed by atoms with Gasteiger partial charge in [0.15, 0.2) is 0 Å². The molecule has 0 aliphatic heterocycles. The number of hydrogen-bond acceptors (Lipinski definition) is 2. The van der Waals surface area contributed by atoms with Gasteiger partial charge in [0.1, 0.15) is 11.6 Å². The zero-order valence-electron chi connectivity index (χ0n) is 12.8. The smallest absolute Gasteiger partial charge is 0.130 e. The van der Waals surface area contributed by atoms with Gasteiger partial charge in [-0.25, -0.2) is 8.78 Å². The fraction of sp³-hybridized carbons (Fsp3) is 0.625. The first-order valence-electron chi connectivity index (χ1n) is 7.19. The predicted molar refractivity (Wildman–Crippen MR) is 77.8 cm³/mol. The highest BCUT2D eigenvalue weighted by Crippen LogP contribution is 2.28. The molecule has 1 rings (SSSR count). The molecule has 0 amide bonds. The lowest BCUT2D eigenvalue weighted by molar-refractivity contribution is 0.169. The predicted octanol–water partition coefficient (Wildman–Crippen LogP) is 3.99. The number of benzene rings is 1. The summed E-state index contributed by atoms with van der Waals surface area (Å²) in [6, 6.07) is 2.47. The van der Waals surface area contributed by atoms with E-state index < -0.39 is 11.6 Å². The van der Waals surface area contributed by atoms with Crippen LogP contribution in [-0.2, 0) is 4.74 Å². The van der Waals surface area contributed by atoms with E-state index in [2.05, 4.69) is 19.2 Å². The van der Waals surface area contributed by atoms with Gasteiger partial charge in [-0.1, -0.05) is 13.8 Å². The summed E-state index contributed by atoms with van der Waals surface area (Å²) in [6.07, 6.45) is 1.79. The Balaban J connectivity index is 3.00. The highest BCUT2D eigenvalue weighted by Gasteiger charge is 2.22. The molecule has 20 heavy (non-hydrogen) atoms. The lowest BCUT2D eigenvalue weighted by Crippen LogP contribution is -2.29. The second-order valence-corrected chi connectivity index (χ2v) is 5.31. The Morgan fingerprint density at radius 1 is 1.25 bits per heavy atom. The Morgan fingerprint density at radius 3 is 2.55 bits per heavy atom. The minimum absolute atomic E-state index is 0.121. The minimum Gasteiger partial charge on any atom is -0.385 e. The molecule has 4 heteroatoms. The van der Waals surface area contributed by atoms with Crippen LogP contribution in [0.25, 0.3) is 0 Å². The average Bonchev–Trinajstić information content (AvgIpc) is 2.42. The van der Waals surface area contributed by atoms with Crippen LogP contribution in [0.15, 0.2) is 12.1 Å². The van der Waals surface area contributed by atoms with E-state index in [4.69, 9.17) is 4.74 Å². The summed E-state index contributed by atoms with van der Waals surface area (Å²) in [6.45, 7) is 7.22. The van der Waals surface area contributed by atoms with Gasteiger partial charge in [0.05, 0.1) is 0 Å². The van der Waals surface area contributed by atoms with Gasteiger partial charge < -0.3 is 10.1 Å². The monoisotopic (exact) mass is 285 g/mol. The van der Waals surface area contributed by atoms with Gasteiger partial charge in [0, 0.05) is 31.4 Å². The maximum absolute atomic E-state index is 14.1. The van der Waals surface area contributed by atoms with E-state index >= 15 is 0 Å². The van der Waals surface area contributed by atoms with Crippen molar-refractivity contribution in [2.24, 2.45) is 5.92 Å². The number of ether oxygens (including phenoxy) is 1. The summed E-state index contributed by atoms with van der Waals surface area (Å²) in [5, 5.41) is 3.36. The molecule has 0 fully saturated rings. The largest absolute Gasteiger partial charge is 0.385 e. The van der Waals surface area contributed by atoms with E-state index in [1.165, 1.54) is 0 Å². The molecule has 2 nitrogen and oxygen atoms in total. The van der Waals surface area contributed by atoms with Crippen LogP contribution in [0.1, 0.15) is 43.9 Å². The highest BCUT2D eigenvalue weighted by molar-refractivity contribution is 5.28. The molecule has 1 aromatic carbocycles. The summed E-state index contributed by atoms with van der Waals surface area (Å²) < 4.78 is 32.6. The molecule has 0 aromatic heterocycles. The maximum Gasteiger partial charge on any atom is 0.130 e. The quantitative estimate of drug-likeness (QED) is 0.780. The molecule has 0 saturated heterocycles. The van der Waals surface area contributed by atoms with Crippen molar-refractivity contribution in [1.29, 1.82) is 0 Å². The van der Waals surface area contributed by atoms with Crippen LogP contribution in [-0.4, -0.2) is 20.3 Å². The van der Waals surface area contributed by atoms with Crippen LogP contribution >= 0.6 is 0 Å². The Labute approximate surface area is 120 Å². The van der Waals surface area contributed by atoms with Crippen molar-refractivity contribution in [3.63, 3.8) is 0 Å². The molecule has 0 radical (unpaired) electrons. The number of methoxy groups -OCH3 is 1. The van der Waals surface area contributed by atoms with Gasteiger partial charge in [-0.15, -0.1) is 0 Å². The van der Waals surface area contributed by atoms with E-state index in [1.54, 1.807) is 20.1 Å². The molecule has 0 heterocycles. The summed E-state index contributed by atoms with van der Waals surface area (Å²) in [7, 11) is 1.66.